The average molecular weight is 285 g/mol. The molecule has 118 valence electrons. The van der Waals surface area contributed by atoms with Crippen molar-refractivity contribution in [1.82, 2.24) is 5.32 Å². The van der Waals surface area contributed by atoms with Gasteiger partial charge in [-0.25, -0.2) is 4.79 Å². The second-order valence-electron chi connectivity index (χ2n) is 5.77. The molecule has 1 aliphatic carbocycles. The Morgan fingerprint density at radius 1 is 1.20 bits per heavy atom. The molecule has 1 saturated carbocycles. The van der Waals surface area contributed by atoms with Gasteiger partial charge in [-0.2, -0.15) is 0 Å². The molecule has 0 aromatic rings. The van der Waals surface area contributed by atoms with Crippen LogP contribution in [0.15, 0.2) is 0 Å². The topological polar surface area (TPSA) is 47.6 Å². The van der Waals surface area contributed by atoms with Crippen molar-refractivity contribution in [2.24, 2.45) is 5.92 Å². The largest absolute Gasteiger partial charge is 0.443 e. The predicted octanol–water partition coefficient (Wildman–Crippen LogP) is 3.89. The molecule has 1 rings (SSSR count). The van der Waals surface area contributed by atoms with Gasteiger partial charge in [0.25, 0.3) is 0 Å². The van der Waals surface area contributed by atoms with Crippen molar-refractivity contribution in [2.75, 3.05) is 20.3 Å². The minimum Gasteiger partial charge on any atom is -0.443 e. The highest BCUT2D eigenvalue weighted by Crippen LogP contribution is 2.39. The number of hydrogen-bond donors (Lipinski definition) is 1. The zero-order valence-corrected chi connectivity index (χ0v) is 13.4. The van der Waals surface area contributed by atoms with Gasteiger partial charge < -0.3 is 14.8 Å². The molecule has 0 saturated heterocycles. The van der Waals surface area contributed by atoms with Gasteiger partial charge in [0.15, 0.2) is 0 Å². The van der Waals surface area contributed by atoms with Crippen LogP contribution in [0.1, 0.15) is 65.2 Å². The van der Waals surface area contributed by atoms with Crippen LogP contribution in [0.4, 0.5) is 4.79 Å². The number of carbonyl (C=O) groups is 1. The molecule has 1 aliphatic rings. The van der Waals surface area contributed by atoms with Gasteiger partial charge in [-0.05, 0) is 38.0 Å². The van der Waals surface area contributed by atoms with E-state index in [9.17, 15) is 4.79 Å². The highest BCUT2D eigenvalue weighted by atomic mass is 16.6. The van der Waals surface area contributed by atoms with Gasteiger partial charge in [0.2, 0.25) is 0 Å². The van der Waals surface area contributed by atoms with Crippen LogP contribution >= 0.6 is 0 Å². The van der Waals surface area contributed by atoms with Crippen molar-refractivity contribution in [3.05, 3.63) is 0 Å². The van der Waals surface area contributed by atoms with Crippen molar-refractivity contribution < 1.29 is 14.3 Å². The number of rotatable bonds is 8. The summed E-state index contributed by atoms with van der Waals surface area (Å²) in [4.78, 5) is 12.0. The molecule has 0 aromatic heterocycles. The van der Waals surface area contributed by atoms with E-state index in [0.29, 0.717) is 19.1 Å². The maximum Gasteiger partial charge on any atom is 0.407 e. The molecule has 4 nitrogen and oxygen atoms in total. The summed E-state index contributed by atoms with van der Waals surface area (Å²) < 4.78 is 10.8. The van der Waals surface area contributed by atoms with E-state index in [-0.39, 0.29) is 11.7 Å². The van der Waals surface area contributed by atoms with E-state index >= 15 is 0 Å². The maximum absolute atomic E-state index is 12.0. The second kappa shape index (κ2) is 9.22. The fraction of sp³-hybridized carbons (Fsp3) is 0.938. The smallest absolute Gasteiger partial charge is 0.407 e. The van der Waals surface area contributed by atoms with E-state index in [2.05, 4.69) is 19.2 Å². The normalized spacial score (nSPS) is 16.9. The lowest BCUT2D eigenvalue weighted by Crippen LogP contribution is -2.45. The third-order valence-corrected chi connectivity index (χ3v) is 4.64. The Balaban J connectivity index is 2.49. The van der Waals surface area contributed by atoms with Crippen molar-refractivity contribution in [3.63, 3.8) is 0 Å². The SMILES string of the molecule is CCC(CC)(OC(=O)NCCCOC)C1CCCCC1. The zero-order chi connectivity index (χ0) is 14.8. The molecule has 4 heteroatoms. The van der Waals surface area contributed by atoms with Crippen molar-refractivity contribution in [2.45, 2.75) is 70.8 Å². The quantitative estimate of drug-likeness (QED) is 0.688. The molecule has 0 aromatic carbocycles. The fourth-order valence-corrected chi connectivity index (χ4v) is 3.31. The Hall–Kier alpha value is -0.770. The highest BCUT2D eigenvalue weighted by Gasteiger charge is 2.39. The number of nitrogens with one attached hydrogen (secondary N) is 1. The van der Waals surface area contributed by atoms with Crippen molar-refractivity contribution >= 4 is 6.09 Å². The molecule has 20 heavy (non-hydrogen) atoms. The first kappa shape index (κ1) is 17.3. The molecule has 0 heterocycles. The van der Waals surface area contributed by atoms with E-state index < -0.39 is 0 Å². The molecular weight excluding hydrogens is 254 g/mol. The second-order valence-corrected chi connectivity index (χ2v) is 5.77. The van der Waals surface area contributed by atoms with Gasteiger partial charge in [-0.3, -0.25) is 0 Å². The summed E-state index contributed by atoms with van der Waals surface area (Å²) in [5.74, 6) is 0.524. The van der Waals surface area contributed by atoms with Gasteiger partial charge in [0.1, 0.15) is 5.60 Å². The minimum absolute atomic E-state index is 0.268. The Bertz CT molecular complexity index is 271. The van der Waals surface area contributed by atoms with E-state index in [4.69, 9.17) is 9.47 Å². The van der Waals surface area contributed by atoms with Gasteiger partial charge in [0, 0.05) is 20.3 Å². The van der Waals surface area contributed by atoms with Crippen LogP contribution in [-0.2, 0) is 9.47 Å². The van der Waals surface area contributed by atoms with E-state index in [0.717, 1.165) is 19.3 Å². The van der Waals surface area contributed by atoms with Gasteiger partial charge in [-0.15, -0.1) is 0 Å². The maximum atomic E-state index is 12.0. The number of ether oxygens (including phenoxy) is 2. The number of amides is 1. The zero-order valence-electron chi connectivity index (χ0n) is 13.4. The van der Waals surface area contributed by atoms with Gasteiger partial charge in [-0.1, -0.05) is 33.1 Å². The Labute approximate surface area is 123 Å². The molecule has 1 N–H and O–H groups in total. The molecule has 0 radical (unpaired) electrons. The monoisotopic (exact) mass is 285 g/mol. The van der Waals surface area contributed by atoms with E-state index in [1.807, 2.05) is 0 Å². The Morgan fingerprint density at radius 3 is 2.40 bits per heavy atom. The number of methoxy groups -OCH3 is 1. The van der Waals surface area contributed by atoms with E-state index in [1.165, 1.54) is 32.1 Å². The molecule has 0 unspecified atom stereocenters. The lowest BCUT2D eigenvalue weighted by atomic mass is 9.74. The number of alkyl carbamates (subject to hydrolysis) is 1. The molecule has 0 spiro atoms. The fourth-order valence-electron chi connectivity index (χ4n) is 3.31. The molecule has 1 fully saturated rings. The average Bonchev–Trinajstić information content (AvgIpc) is 2.50. The summed E-state index contributed by atoms with van der Waals surface area (Å²) >= 11 is 0. The summed E-state index contributed by atoms with van der Waals surface area (Å²) in [7, 11) is 1.67. The van der Waals surface area contributed by atoms with Crippen LogP contribution in [0.3, 0.4) is 0 Å². The van der Waals surface area contributed by atoms with Crippen LogP contribution < -0.4 is 5.32 Å². The van der Waals surface area contributed by atoms with Crippen molar-refractivity contribution in [3.8, 4) is 0 Å². The number of hydrogen-bond acceptors (Lipinski definition) is 3. The Kier molecular flexibility index (Phi) is 7.97. The standard InChI is InChI=1S/C16H31NO3/c1-4-16(5-2,14-10-7-6-8-11-14)20-15(18)17-12-9-13-19-3/h14H,4-13H2,1-3H3,(H,17,18). The lowest BCUT2D eigenvalue weighted by Gasteiger charge is -2.41. The van der Waals surface area contributed by atoms with Crippen LogP contribution in [0, 0.1) is 5.92 Å². The Morgan fingerprint density at radius 2 is 1.85 bits per heavy atom. The summed E-state index contributed by atoms with van der Waals surface area (Å²) in [6.45, 7) is 5.54. The first-order valence-electron chi connectivity index (χ1n) is 8.14. The molecule has 1 amide bonds. The van der Waals surface area contributed by atoms with Crippen LogP contribution in [-0.4, -0.2) is 32.0 Å². The third kappa shape index (κ3) is 4.97. The first-order valence-corrected chi connectivity index (χ1v) is 8.14. The van der Waals surface area contributed by atoms with Gasteiger partial charge >= 0.3 is 6.09 Å². The summed E-state index contributed by atoms with van der Waals surface area (Å²) in [6.07, 6.45) is 8.60. The van der Waals surface area contributed by atoms with Crippen molar-refractivity contribution in [1.29, 1.82) is 0 Å². The molecule has 0 atom stereocenters. The van der Waals surface area contributed by atoms with Crippen LogP contribution in [0.25, 0.3) is 0 Å². The highest BCUT2D eigenvalue weighted by molar-refractivity contribution is 5.67. The third-order valence-electron chi connectivity index (χ3n) is 4.64. The summed E-state index contributed by atoms with van der Waals surface area (Å²) in [6, 6.07) is 0. The van der Waals surface area contributed by atoms with Gasteiger partial charge in [0.05, 0.1) is 0 Å². The van der Waals surface area contributed by atoms with Crippen LogP contribution in [0.2, 0.25) is 0 Å². The predicted molar refractivity (Wildman–Crippen MR) is 80.9 cm³/mol. The minimum atomic E-state index is -0.272. The molecule has 0 aliphatic heterocycles. The molecular formula is C16H31NO3. The van der Waals surface area contributed by atoms with Crippen LogP contribution in [0.5, 0.6) is 0 Å². The van der Waals surface area contributed by atoms with E-state index in [1.54, 1.807) is 7.11 Å². The molecule has 0 bridgehead atoms. The summed E-state index contributed by atoms with van der Waals surface area (Å²) in [5.41, 5.74) is -0.272. The number of carbonyl (C=O) groups excluding carboxylic acids is 1. The first-order chi connectivity index (χ1) is 9.68. The summed E-state index contributed by atoms with van der Waals surface area (Å²) in [5, 5.41) is 2.84. The lowest BCUT2D eigenvalue weighted by molar-refractivity contribution is -0.0523.